The Hall–Kier alpha value is -3.92. The van der Waals surface area contributed by atoms with Gasteiger partial charge < -0.3 is 19.9 Å². The molecule has 0 saturated heterocycles. The average molecular weight is 475 g/mol. The summed E-state index contributed by atoms with van der Waals surface area (Å²) in [4.78, 5) is 31.2. The molecule has 172 valence electrons. The van der Waals surface area contributed by atoms with Gasteiger partial charge in [-0.05, 0) is 45.0 Å². The number of amides is 1. The number of aromatic nitrogens is 2. The van der Waals surface area contributed by atoms with Crippen molar-refractivity contribution in [3.63, 3.8) is 0 Å². The van der Waals surface area contributed by atoms with Crippen LogP contribution in [0.3, 0.4) is 0 Å². The van der Waals surface area contributed by atoms with Crippen molar-refractivity contribution in [1.29, 1.82) is 0 Å². The first kappa shape index (κ1) is 23.7. The lowest BCUT2D eigenvalue weighted by Gasteiger charge is -2.20. The van der Waals surface area contributed by atoms with Gasteiger partial charge >= 0.3 is 12.1 Å². The molecule has 0 radical (unpaired) electrons. The number of aromatic carboxylic acids is 1. The highest BCUT2D eigenvalue weighted by Gasteiger charge is 2.19. The maximum absolute atomic E-state index is 14.7. The molecule has 0 aliphatic rings. The number of hydrogen-bond acceptors (Lipinski definition) is 7. The van der Waals surface area contributed by atoms with Crippen molar-refractivity contribution in [2.75, 3.05) is 10.6 Å². The van der Waals surface area contributed by atoms with Gasteiger partial charge in [0.2, 0.25) is 0 Å². The van der Waals surface area contributed by atoms with Gasteiger partial charge in [-0.15, -0.1) is 0 Å². The van der Waals surface area contributed by atoms with Crippen LogP contribution in [0.1, 0.15) is 31.1 Å². The first-order valence-electron chi connectivity index (χ1n) is 9.61. The van der Waals surface area contributed by atoms with Crippen LogP contribution in [0.5, 0.6) is 11.5 Å². The number of pyridine rings is 2. The summed E-state index contributed by atoms with van der Waals surface area (Å²) < 4.78 is 25.4. The fraction of sp³-hybridized carbons (Fsp3) is 0.182. The minimum absolute atomic E-state index is 0.0153. The summed E-state index contributed by atoms with van der Waals surface area (Å²) in [5.74, 6) is -1.98. The van der Waals surface area contributed by atoms with Crippen LogP contribution in [-0.2, 0) is 4.74 Å². The summed E-state index contributed by atoms with van der Waals surface area (Å²) in [6, 6.07) is 8.19. The third-order valence-electron chi connectivity index (χ3n) is 3.93. The third kappa shape index (κ3) is 6.30. The minimum atomic E-state index is -1.17. The van der Waals surface area contributed by atoms with E-state index >= 15 is 0 Å². The number of nitrogens with one attached hydrogen (secondary N) is 2. The van der Waals surface area contributed by atoms with E-state index in [0.29, 0.717) is 0 Å². The van der Waals surface area contributed by atoms with E-state index < -0.39 is 23.5 Å². The van der Waals surface area contributed by atoms with Crippen molar-refractivity contribution in [2.45, 2.75) is 26.4 Å². The van der Waals surface area contributed by atoms with Crippen molar-refractivity contribution >= 4 is 41.0 Å². The topological polar surface area (TPSA) is 123 Å². The van der Waals surface area contributed by atoms with E-state index in [9.17, 15) is 19.1 Å². The molecule has 9 nitrogen and oxygen atoms in total. The van der Waals surface area contributed by atoms with Gasteiger partial charge in [-0.25, -0.2) is 23.9 Å². The Labute approximate surface area is 193 Å². The lowest BCUT2D eigenvalue weighted by Crippen LogP contribution is -2.27. The molecule has 3 rings (SSSR count). The molecule has 0 aliphatic heterocycles. The number of halogens is 2. The van der Waals surface area contributed by atoms with Crippen molar-refractivity contribution in [1.82, 2.24) is 9.97 Å². The first-order chi connectivity index (χ1) is 15.5. The first-order valence-corrected chi connectivity index (χ1v) is 9.98. The Morgan fingerprint density at radius 1 is 1.06 bits per heavy atom. The highest BCUT2D eigenvalue weighted by molar-refractivity contribution is 6.34. The largest absolute Gasteiger partial charge is 0.478 e. The van der Waals surface area contributed by atoms with E-state index in [1.165, 1.54) is 42.7 Å². The van der Waals surface area contributed by atoms with Crippen molar-refractivity contribution in [3.05, 3.63) is 65.2 Å². The molecule has 33 heavy (non-hydrogen) atoms. The maximum Gasteiger partial charge on any atom is 0.413 e. The maximum atomic E-state index is 14.7. The number of hydrogen-bond donors (Lipinski definition) is 3. The van der Waals surface area contributed by atoms with Crippen molar-refractivity contribution < 1.29 is 28.6 Å². The SMILES string of the molecule is CC(C)(C)OC(=O)Nc1nccc(Oc2ccc(Nc3ncccc3C(=O)O)cc2F)c1Cl. The molecule has 0 atom stereocenters. The summed E-state index contributed by atoms with van der Waals surface area (Å²) in [6.45, 7) is 5.12. The van der Waals surface area contributed by atoms with Crippen LogP contribution in [0.2, 0.25) is 5.02 Å². The van der Waals surface area contributed by atoms with E-state index in [2.05, 4.69) is 20.6 Å². The quantitative estimate of drug-likeness (QED) is 0.406. The Balaban J connectivity index is 1.77. The molecular weight excluding hydrogens is 455 g/mol. The summed E-state index contributed by atoms with van der Waals surface area (Å²) in [5, 5.41) is 14.4. The molecule has 3 N–H and O–H groups in total. The Kier molecular flexibility index (Phi) is 6.98. The van der Waals surface area contributed by atoms with Crippen LogP contribution < -0.4 is 15.4 Å². The molecule has 0 saturated carbocycles. The fourth-order valence-corrected chi connectivity index (χ4v) is 2.78. The second-order valence-corrected chi connectivity index (χ2v) is 8.05. The van der Waals surface area contributed by atoms with E-state index in [1.807, 2.05) is 0 Å². The zero-order chi connectivity index (χ0) is 24.2. The number of nitrogens with zero attached hydrogens (tertiary/aromatic N) is 2. The molecule has 1 amide bonds. The standard InChI is InChI=1S/C22H20ClFN4O5/c1-22(2,3)33-21(31)28-19-17(23)16(8-10-26-19)32-15-7-6-12(11-14(15)24)27-18-13(20(29)30)5-4-9-25-18/h4-11H,1-3H3,(H,25,27)(H,29,30)(H,26,28,31). The van der Waals surface area contributed by atoms with E-state index in [0.717, 1.165) is 6.07 Å². The van der Waals surface area contributed by atoms with Crippen LogP contribution in [0.4, 0.5) is 26.5 Å². The van der Waals surface area contributed by atoms with Gasteiger partial charge in [0.15, 0.2) is 23.1 Å². The zero-order valence-corrected chi connectivity index (χ0v) is 18.6. The van der Waals surface area contributed by atoms with E-state index in [1.54, 1.807) is 20.8 Å². The molecule has 0 fully saturated rings. The minimum Gasteiger partial charge on any atom is -0.478 e. The average Bonchev–Trinajstić information content (AvgIpc) is 2.71. The lowest BCUT2D eigenvalue weighted by atomic mass is 10.2. The predicted molar refractivity (Wildman–Crippen MR) is 120 cm³/mol. The van der Waals surface area contributed by atoms with Crippen LogP contribution in [0.25, 0.3) is 0 Å². The van der Waals surface area contributed by atoms with Gasteiger partial charge in [0.1, 0.15) is 22.0 Å². The lowest BCUT2D eigenvalue weighted by molar-refractivity contribution is 0.0633. The van der Waals surface area contributed by atoms with Gasteiger partial charge in [-0.3, -0.25) is 5.32 Å². The molecule has 0 aliphatic carbocycles. The Bertz CT molecular complexity index is 1200. The number of carbonyl (C=O) groups excluding carboxylic acids is 1. The summed E-state index contributed by atoms with van der Waals surface area (Å²) in [7, 11) is 0. The predicted octanol–water partition coefficient (Wildman–Crippen LogP) is 5.85. The zero-order valence-electron chi connectivity index (χ0n) is 17.8. The Morgan fingerprint density at radius 2 is 1.79 bits per heavy atom. The molecule has 0 unspecified atom stereocenters. The third-order valence-corrected chi connectivity index (χ3v) is 4.29. The molecular formula is C22H20ClFN4O5. The number of ether oxygens (including phenoxy) is 2. The molecule has 1 aromatic carbocycles. The summed E-state index contributed by atoms with van der Waals surface area (Å²) in [5.41, 5.74) is -0.523. The molecule has 11 heteroatoms. The van der Waals surface area contributed by atoms with Crippen molar-refractivity contribution in [3.8, 4) is 11.5 Å². The van der Waals surface area contributed by atoms with E-state index in [-0.39, 0.29) is 39.4 Å². The van der Waals surface area contributed by atoms with Crippen molar-refractivity contribution in [2.24, 2.45) is 0 Å². The van der Waals surface area contributed by atoms with Crippen LogP contribution >= 0.6 is 11.6 Å². The number of carbonyl (C=O) groups is 2. The fourth-order valence-electron chi connectivity index (χ4n) is 2.59. The van der Waals surface area contributed by atoms with E-state index in [4.69, 9.17) is 21.1 Å². The smallest absolute Gasteiger partial charge is 0.413 e. The molecule has 2 heterocycles. The van der Waals surface area contributed by atoms with Gasteiger partial charge in [-0.2, -0.15) is 0 Å². The number of rotatable bonds is 6. The van der Waals surface area contributed by atoms with Crippen LogP contribution in [-0.4, -0.2) is 32.7 Å². The highest BCUT2D eigenvalue weighted by atomic mass is 35.5. The highest BCUT2D eigenvalue weighted by Crippen LogP contribution is 2.35. The van der Waals surface area contributed by atoms with Gasteiger partial charge in [-0.1, -0.05) is 11.6 Å². The number of carboxylic acid groups (broad SMARTS) is 1. The number of anilines is 3. The Morgan fingerprint density at radius 3 is 2.45 bits per heavy atom. The monoisotopic (exact) mass is 474 g/mol. The second kappa shape index (κ2) is 9.70. The number of carboxylic acids is 1. The molecule has 3 aromatic rings. The second-order valence-electron chi connectivity index (χ2n) is 7.68. The van der Waals surface area contributed by atoms with Gasteiger partial charge in [0.25, 0.3) is 0 Å². The van der Waals surface area contributed by atoms with Crippen LogP contribution in [0, 0.1) is 5.82 Å². The van der Waals surface area contributed by atoms with Crippen LogP contribution in [0.15, 0.2) is 48.8 Å². The summed E-state index contributed by atoms with van der Waals surface area (Å²) in [6.07, 6.45) is 1.98. The van der Waals surface area contributed by atoms with Gasteiger partial charge in [0, 0.05) is 30.2 Å². The molecule has 0 bridgehead atoms. The van der Waals surface area contributed by atoms with Gasteiger partial charge in [0.05, 0.1) is 0 Å². The molecule has 0 spiro atoms. The number of benzene rings is 1. The summed E-state index contributed by atoms with van der Waals surface area (Å²) >= 11 is 6.26. The normalized spacial score (nSPS) is 10.9. The molecule has 2 aromatic heterocycles.